The summed E-state index contributed by atoms with van der Waals surface area (Å²) in [5.74, 6) is 0.495. The van der Waals surface area contributed by atoms with E-state index < -0.39 is 0 Å². The Labute approximate surface area is 107 Å². The molecule has 3 heteroatoms. The quantitative estimate of drug-likeness (QED) is 0.599. The fraction of sp³-hybridized carbons (Fsp3) is 0.929. The highest BCUT2D eigenvalue weighted by Crippen LogP contribution is 2.06. The number of hydrogen-bond acceptors (Lipinski definition) is 3. The fourth-order valence-corrected chi connectivity index (χ4v) is 1.72. The molecule has 0 rings (SSSR count). The van der Waals surface area contributed by atoms with Gasteiger partial charge in [0.25, 0.3) is 0 Å². The maximum absolute atomic E-state index is 11.7. The van der Waals surface area contributed by atoms with Crippen LogP contribution in [0, 0.1) is 5.92 Å². The van der Waals surface area contributed by atoms with Crippen molar-refractivity contribution in [1.82, 2.24) is 4.90 Å². The van der Waals surface area contributed by atoms with E-state index in [0.29, 0.717) is 18.4 Å². The summed E-state index contributed by atoms with van der Waals surface area (Å²) < 4.78 is 0. The second-order valence-electron chi connectivity index (χ2n) is 5.39. The third-order valence-electron chi connectivity index (χ3n) is 3.13. The third-order valence-corrected chi connectivity index (χ3v) is 3.13. The molecule has 17 heavy (non-hydrogen) atoms. The number of nitrogens with two attached hydrogens (primary N) is 1. The van der Waals surface area contributed by atoms with Crippen molar-refractivity contribution in [3.8, 4) is 0 Å². The van der Waals surface area contributed by atoms with E-state index in [0.717, 1.165) is 19.5 Å². The van der Waals surface area contributed by atoms with E-state index in [1.54, 1.807) is 0 Å². The van der Waals surface area contributed by atoms with Crippen molar-refractivity contribution in [3.63, 3.8) is 0 Å². The monoisotopic (exact) mass is 242 g/mol. The summed E-state index contributed by atoms with van der Waals surface area (Å²) in [6.45, 7) is 10.7. The first kappa shape index (κ1) is 16.6. The summed E-state index contributed by atoms with van der Waals surface area (Å²) >= 11 is 0. The topological polar surface area (TPSA) is 46.3 Å². The maximum Gasteiger partial charge on any atom is 0.149 e. The van der Waals surface area contributed by atoms with Gasteiger partial charge in [-0.05, 0) is 39.8 Å². The molecule has 0 bridgehead atoms. The van der Waals surface area contributed by atoms with Crippen molar-refractivity contribution in [2.45, 2.75) is 59.4 Å². The summed E-state index contributed by atoms with van der Waals surface area (Å²) in [4.78, 5) is 14.0. The standard InChI is InChI=1S/C14H30N2O/c1-12(2)14(17)11-16(13(3)4)10-8-6-5-7-9-15/h12-13H,5-11,15H2,1-4H3. The maximum atomic E-state index is 11.7. The molecule has 0 atom stereocenters. The molecule has 0 aromatic heterocycles. The number of hydrogen-bond donors (Lipinski definition) is 1. The predicted molar refractivity (Wildman–Crippen MR) is 74.1 cm³/mol. The van der Waals surface area contributed by atoms with E-state index in [2.05, 4.69) is 18.7 Å². The van der Waals surface area contributed by atoms with Gasteiger partial charge in [0.2, 0.25) is 0 Å². The zero-order valence-corrected chi connectivity index (χ0v) is 12.0. The lowest BCUT2D eigenvalue weighted by Crippen LogP contribution is -2.37. The molecule has 0 heterocycles. The zero-order valence-electron chi connectivity index (χ0n) is 12.0. The molecule has 0 aliphatic heterocycles. The molecule has 0 saturated heterocycles. The van der Waals surface area contributed by atoms with Gasteiger partial charge in [-0.25, -0.2) is 0 Å². The number of unbranched alkanes of at least 4 members (excludes halogenated alkanes) is 3. The smallest absolute Gasteiger partial charge is 0.149 e. The van der Waals surface area contributed by atoms with Gasteiger partial charge in [0.05, 0.1) is 6.54 Å². The Morgan fingerprint density at radius 2 is 1.65 bits per heavy atom. The van der Waals surface area contributed by atoms with Crippen LogP contribution in [0.15, 0.2) is 0 Å². The average molecular weight is 242 g/mol. The Bertz CT molecular complexity index is 202. The minimum absolute atomic E-state index is 0.147. The van der Waals surface area contributed by atoms with E-state index >= 15 is 0 Å². The molecule has 0 aromatic rings. The zero-order chi connectivity index (χ0) is 13.3. The van der Waals surface area contributed by atoms with Crippen LogP contribution in [-0.2, 0) is 4.79 Å². The summed E-state index contributed by atoms with van der Waals surface area (Å²) in [5.41, 5.74) is 5.46. The lowest BCUT2D eigenvalue weighted by Gasteiger charge is -2.26. The van der Waals surface area contributed by atoms with Crippen LogP contribution in [0.5, 0.6) is 0 Å². The summed E-state index contributed by atoms with van der Waals surface area (Å²) in [7, 11) is 0. The Morgan fingerprint density at radius 3 is 2.12 bits per heavy atom. The largest absolute Gasteiger partial charge is 0.330 e. The highest BCUT2D eigenvalue weighted by atomic mass is 16.1. The van der Waals surface area contributed by atoms with E-state index in [1.165, 1.54) is 19.3 Å². The minimum atomic E-state index is 0.147. The van der Waals surface area contributed by atoms with Crippen molar-refractivity contribution in [3.05, 3.63) is 0 Å². The number of nitrogens with zero attached hydrogens (tertiary/aromatic N) is 1. The second-order valence-corrected chi connectivity index (χ2v) is 5.39. The molecule has 0 amide bonds. The van der Waals surface area contributed by atoms with Crippen LogP contribution in [-0.4, -0.2) is 36.4 Å². The molecule has 0 aliphatic rings. The molecule has 3 nitrogen and oxygen atoms in total. The lowest BCUT2D eigenvalue weighted by atomic mass is 10.1. The Morgan fingerprint density at radius 1 is 1.06 bits per heavy atom. The van der Waals surface area contributed by atoms with Crippen LogP contribution in [0.2, 0.25) is 0 Å². The Kier molecular flexibility index (Phi) is 9.37. The van der Waals surface area contributed by atoms with Crippen LogP contribution in [0.3, 0.4) is 0 Å². The number of Topliss-reactive ketones (excluding diaryl/α,β-unsaturated/α-hetero) is 1. The highest BCUT2D eigenvalue weighted by Gasteiger charge is 2.15. The number of carbonyl (C=O) groups is 1. The first-order chi connectivity index (χ1) is 7.99. The molecule has 0 unspecified atom stereocenters. The molecule has 0 saturated carbocycles. The molecule has 0 fully saturated rings. The van der Waals surface area contributed by atoms with Gasteiger partial charge in [0.1, 0.15) is 5.78 Å². The summed E-state index contributed by atoms with van der Waals surface area (Å²) in [5, 5.41) is 0. The van der Waals surface area contributed by atoms with Gasteiger partial charge in [-0.2, -0.15) is 0 Å². The van der Waals surface area contributed by atoms with E-state index in [-0.39, 0.29) is 5.92 Å². The third kappa shape index (κ3) is 8.33. The number of rotatable bonds is 10. The minimum Gasteiger partial charge on any atom is -0.330 e. The van der Waals surface area contributed by atoms with Crippen LogP contribution in [0.1, 0.15) is 53.4 Å². The summed E-state index contributed by atoms with van der Waals surface area (Å²) in [6.07, 6.45) is 4.72. The molecule has 0 aromatic carbocycles. The van der Waals surface area contributed by atoms with Crippen molar-refractivity contribution >= 4 is 5.78 Å². The van der Waals surface area contributed by atoms with E-state index in [1.807, 2.05) is 13.8 Å². The molecule has 0 spiro atoms. The number of ketones is 1. The molecule has 2 N–H and O–H groups in total. The van der Waals surface area contributed by atoms with Gasteiger partial charge in [0.15, 0.2) is 0 Å². The van der Waals surface area contributed by atoms with Crippen molar-refractivity contribution in [2.24, 2.45) is 11.7 Å². The normalized spacial score (nSPS) is 11.8. The highest BCUT2D eigenvalue weighted by molar-refractivity contribution is 5.82. The Hall–Kier alpha value is -0.410. The first-order valence-electron chi connectivity index (χ1n) is 6.95. The van der Waals surface area contributed by atoms with Gasteiger partial charge in [-0.3, -0.25) is 9.69 Å². The predicted octanol–water partition coefficient (Wildman–Crippen LogP) is 2.44. The van der Waals surface area contributed by atoms with E-state index in [4.69, 9.17) is 5.73 Å². The average Bonchev–Trinajstić information content (AvgIpc) is 2.26. The SMILES string of the molecule is CC(C)C(=O)CN(CCCCCCN)C(C)C. The second kappa shape index (κ2) is 9.60. The lowest BCUT2D eigenvalue weighted by molar-refractivity contribution is -0.123. The van der Waals surface area contributed by atoms with Crippen LogP contribution in [0.25, 0.3) is 0 Å². The van der Waals surface area contributed by atoms with Gasteiger partial charge in [-0.1, -0.05) is 26.7 Å². The van der Waals surface area contributed by atoms with Gasteiger partial charge in [-0.15, -0.1) is 0 Å². The molecule has 102 valence electrons. The first-order valence-corrected chi connectivity index (χ1v) is 6.95. The molecular formula is C14H30N2O. The van der Waals surface area contributed by atoms with Gasteiger partial charge >= 0.3 is 0 Å². The van der Waals surface area contributed by atoms with Crippen molar-refractivity contribution in [1.29, 1.82) is 0 Å². The molecular weight excluding hydrogens is 212 g/mol. The molecule has 0 aliphatic carbocycles. The van der Waals surface area contributed by atoms with Crippen LogP contribution < -0.4 is 5.73 Å². The molecule has 0 radical (unpaired) electrons. The van der Waals surface area contributed by atoms with Crippen LogP contribution >= 0.6 is 0 Å². The number of carbonyl (C=O) groups excluding carboxylic acids is 1. The van der Waals surface area contributed by atoms with Gasteiger partial charge in [0, 0.05) is 12.0 Å². The van der Waals surface area contributed by atoms with Gasteiger partial charge < -0.3 is 5.73 Å². The summed E-state index contributed by atoms with van der Waals surface area (Å²) in [6, 6.07) is 0.451. The van der Waals surface area contributed by atoms with E-state index in [9.17, 15) is 4.79 Å². The van der Waals surface area contributed by atoms with Crippen LogP contribution in [0.4, 0.5) is 0 Å². The fourth-order valence-electron chi connectivity index (χ4n) is 1.72. The Balaban J connectivity index is 3.87. The van der Waals surface area contributed by atoms with Crippen molar-refractivity contribution in [2.75, 3.05) is 19.6 Å². The van der Waals surface area contributed by atoms with Crippen molar-refractivity contribution < 1.29 is 4.79 Å².